The first-order valence-electron chi connectivity index (χ1n) is 9.31. The van der Waals surface area contributed by atoms with Gasteiger partial charge in [0.15, 0.2) is 11.4 Å². The van der Waals surface area contributed by atoms with Gasteiger partial charge in [-0.25, -0.2) is 4.79 Å². The van der Waals surface area contributed by atoms with Gasteiger partial charge < -0.3 is 26.2 Å². The van der Waals surface area contributed by atoms with E-state index in [1.165, 1.54) is 0 Å². The number of urea groups is 1. The molecule has 0 aliphatic rings. The molecule has 0 atom stereocenters. The van der Waals surface area contributed by atoms with Gasteiger partial charge in [-0.05, 0) is 66.9 Å². The van der Waals surface area contributed by atoms with Crippen LogP contribution in [0.15, 0.2) is 76.1 Å². The molecule has 3 amide bonds. The summed E-state index contributed by atoms with van der Waals surface area (Å²) in [5, 5.41) is 12.5. The van der Waals surface area contributed by atoms with Crippen LogP contribution in [0.25, 0.3) is 11.0 Å². The molecule has 4 rings (SSSR count). The van der Waals surface area contributed by atoms with Crippen LogP contribution < -0.4 is 21.7 Å². The average Bonchev–Trinajstić information content (AvgIpc) is 3.16. The maximum atomic E-state index is 12.7. The lowest BCUT2D eigenvalue weighted by Crippen LogP contribution is -2.19. The Bertz CT molecular complexity index is 1240. The topological polar surface area (TPSA) is 122 Å². The standard InChI is InChI=1S/C22H19N5O3S/c1-31-16-11-9-15(10-12-16)26-22(29)25-14-7-5-13(6-8-14)24-21(28)17-3-2-4-18-19(17)20(23)27-30-18/h2-12H,1H3,(H2,23,27)(H,24,28)(H2,25,26,29). The summed E-state index contributed by atoms with van der Waals surface area (Å²) < 4.78 is 5.09. The van der Waals surface area contributed by atoms with Gasteiger partial charge >= 0.3 is 6.03 Å². The quantitative estimate of drug-likeness (QED) is 0.328. The van der Waals surface area contributed by atoms with E-state index in [0.29, 0.717) is 33.6 Å². The Hall–Kier alpha value is -3.98. The number of hydrogen-bond donors (Lipinski definition) is 4. The molecule has 5 N–H and O–H groups in total. The number of thioether (sulfide) groups is 1. The molecule has 0 bridgehead atoms. The maximum Gasteiger partial charge on any atom is 0.323 e. The van der Waals surface area contributed by atoms with Crippen molar-refractivity contribution >= 4 is 57.5 Å². The molecule has 0 aliphatic heterocycles. The Morgan fingerprint density at radius 3 is 2.06 bits per heavy atom. The highest BCUT2D eigenvalue weighted by atomic mass is 32.2. The SMILES string of the molecule is CSc1ccc(NC(=O)Nc2ccc(NC(=O)c3cccc4onc(N)c34)cc2)cc1. The molecular weight excluding hydrogens is 414 g/mol. The fourth-order valence-corrected chi connectivity index (χ4v) is 3.42. The van der Waals surface area contributed by atoms with Crippen molar-refractivity contribution in [2.24, 2.45) is 0 Å². The Balaban J connectivity index is 1.39. The van der Waals surface area contributed by atoms with E-state index in [1.807, 2.05) is 30.5 Å². The first-order chi connectivity index (χ1) is 15.0. The highest BCUT2D eigenvalue weighted by molar-refractivity contribution is 7.98. The van der Waals surface area contributed by atoms with Gasteiger partial charge in [-0.2, -0.15) is 0 Å². The number of aromatic nitrogens is 1. The molecule has 31 heavy (non-hydrogen) atoms. The summed E-state index contributed by atoms with van der Waals surface area (Å²) in [4.78, 5) is 26.0. The molecule has 0 unspecified atom stereocenters. The third-order valence-corrected chi connectivity index (χ3v) is 5.26. The first-order valence-corrected chi connectivity index (χ1v) is 10.5. The van der Waals surface area contributed by atoms with Crippen molar-refractivity contribution in [2.75, 3.05) is 27.9 Å². The Morgan fingerprint density at radius 1 is 0.871 bits per heavy atom. The minimum Gasteiger partial charge on any atom is -0.380 e. The second-order valence-electron chi connectivity index (χ2n) is 6.59. The molecule has 0 saturated carbocycles. The van der Waals surface area contributed by atoms with Crippen molar-refractivity contribution < 1.29 is 14.1 Å². The van der Waals surface area contributed by atoms with Gasteiger partial charge in [0.25, 0.3) is 5.91 Å². The van der Waals surface area contributed by atoms with Crippen molar-refractivity contribution in [3.63, 3.8) is 0 Å². The molecule has 0 radical (unpaired) electrons. The molecule has 4 aromatic rings. The smallest absolute Gasteiger partial charge is 0.323 e. The van der Waals surface area contributed by atoms with Crippen LogP contribution >= 0.6 is 11.8 Å². The molecule has 0 spiro atoms. The number of benzene rings is 3. The van der Waals surface area contributed by atoms with Gasteiger partial charge in [0.05, 0.1) is 10.9 Å². The molecule has 1 aromatic heterocycles. The van der Waals surface area contributed by atoms with Crippen molar-refractivity contribution in [2.45, 2.75) is 4.90 Å². The van der Waals surface area contributed by atoms with E-state index in [4.69, 9.17) is 10.3 Å². The number of nitrogens with two attached hydrogens (primary N) is 1. The molecule has 8 nitrogen and oxygen atoms in total. The Labute approximate surface area is 182 Å². The summed E-state index contributed by atoms with van der Waals surface area (Å²) in [7, 11) is 0. The van der Waals surface area contributed by atoms with Gasteiger partial charge in [-0.1, -0.05) is 11.2 Å². The molecular formula is C22H19N5O3S. The number of rotatable bonds is 5. The van der Waals surface area contributed by atoms with Crippen LogP contribution in [-0.4, -0.2) is 23.4 Å². The summed E-state index contributed by atoms with van der Waals surface area (Å²) in [5.74, 6) is -0.179. The summed E-state index contributed by atoms with van der Waals surface area (Å²) in [5.41, 5.74) is 8.47. The van der Waals surface area contributed by atoms with Gasteiger partial charge in [-0.3, -0.25) is 4.79 Å². The number of nitrogens with zero attached hydrogens (tertiary/aromatic N) is 1. The number of fused-ring (bicyclic) bond motifs is 1. The second-order valence-corrected chi connectivity index (χ2v) is 7.47. The normalized spacial score (nSPS) is 10.6. The average molecular weight is 433 g/mol. The van der Waals surface area contributed by atoms with Gasteiger partial charge in [0.1, 0.15) is 0 Å². The van der Waals surface area contributed by atoms with Crippen LogP contribution in [-0.2, 0) is 0 Å². The minimum absolute atomic E-state index is 0.161. The second kappa shape index (κ2) is 8.80. The monoisotopic (exact) mass is 433 g/mol. The number of nitrogens with one attached hydrogen (secondary N) is 3. The number of anilines is 4. The summed E-state index contributed by atoms with van der Waals surface area (Å²) in [6.45, 7) is 0. The zero-order chi connectivity index (χ0) is 21.8. The predicted octanol–water partition coefficient (Wildman–Crippen LogP) is 5.03. The highest BCUT2D eigenvalue weighted by Gasteiger charge is 2.16. The zero-order valence-corrected chi connectivity index (χ0v) is 17.3. The number of amides is 3. The van der Waals surface area contributed by atoms with Crippen molar-refractivity contribution in [1.82, 2.24) is 5.16 Å². The number of nitrogen functional groups attached to an aromatic ring is 1. The Morgan fingerprint density at radius 2 is 1.45 bits per heavy atom. The number of hydrogen-bond acceptors (Lipinski definition) is 6. The lowest BCUT2D eigenvalue weighted by molar-refractivity contribution is 0.102. The van der Waals surface area contributed by atoms with Crippen molar-refractivity contribution in [3.8, 4) is 0 Å². The van der Waals surface area contributed by atoms with Crippen LogP contribution in [0, 0.1) is 0 Å². The molecule has 156 valence electrons. The third-order valence-electron chi connectivity index (χ3n) is 4.52. The molecule has 9 heteroatoms. The largest absolute Gasteiger partial charge is 0.380 e. The number of carbonyl (C=O) groups is 2. The van der Waals surface area contributed by atoms with Crippen LogP contribution in [0.4, 0.5) is 27.7 Å². The van der Waals surface area contributed by atoms with Gasteiger partial charge in [-0.15, -0.1) is 11.8 Å². The summed E-state index contributed by atoms with van der Waals surface area (Å²) in [6.07, 6.45) is 1.99. The van der Waals surface area contributed by atoms with Gasteiger partial charge in [0.2, 0.25) is 0 Å². The molecule has 0 saturated heterocycles. The predicted molar refractivity (Wildman–Crippen MR) is 124 cm³/mol. The van der Waals surface area contributed by atoms with Crippen molar-refractivity contribution in [3.05, 3.63) is 72.3 Å². The lowest BCUT2D eigenvalue weighted by Gasteiger charge is -2.10. The molecule has 1 heterocycles. The molecule has 3 aromatic carbocycles. The summed E-state index contributed by atoms with van der Waals surface area (Å²) in [6, 6.07) is 19.0. The molecule has 0 aliphatic carbocycles. The van der Waals surface area contributed by atoms with E-state index in [1.54, 1.807) is 54.2 Å². The molecule has 0 fully saturated rings. The fraction of sp³-hybridized carbons (Fsp3) is 0.0455. The van der Waals surface area contributed by atoms with Crippen LogP contribution in [0.5, 0.6) is 0 Å². The summed E-state index contributed by atoms with van der Waals surface area (Å²) >= 11 is 1.63. The minimum atomic E-state index is -0.358. The van der Waals surface area contributed by atoms with E-state index in [-0.39, 0.29) is 17.8 Å². The zero-order valence-electron chi connectivity index (χ0n) is 16.5. The van der Waals surface area contributed by atoms with Crippen LogP contribution in [0.1, 0.15) is 10.4 Å². The van der Waals surface area contributed by atoms with Crippen LogP contribution in [0.2, 0.25) is 0 Å². The van der Waals surface area contributed by atoms with E-state index >= 15 is 0 Å². The van der Waals surface area contributed by atoms with E-state index in [2.05, 4.69) is 21.1 Å². The fourth-order valence-electron chi connectivity index (χ4n) is 3.01. The number of carbonyl (C=O) groups excluding carboxylic acids is 2. The lowest BCUT2D eigenvalue weighted by atomic mass is 10.1. The van der Waals surface area contributed by atoms with Gasteiger partial charge in [0, 0.05) is 22.0 Å². The third kappa shape index (κ3) is 4.62. The Kier molecular flexibility index (Phi) is 5.76. The highest BCUT2D eigenvalue weighted by Crippen LogP contribution is 2.25. The van der Waals surface area contributed by atoms with Crippen LogP contribution in [0.3, 0.4) is 0 Å². The van der Waals surface area contributed by atoms with E-state index in [0.717, 1.165) is 4.90 Å². The van der Waals surface area contributed by atoms with E-state index < -0.39 is 0 Å². The van der Waals surface area contributed by atoms with Crippen molar-refractivity contribution in [1.29, 1.82) is 0 Å². The maximum absolute atomic E-state index is 12.7. The first kappa shape index (κ1) is 20.3. The van der Waals surface area contributed by atoms with E-state index in [9.17, 15) is 9.59 Å².